The number of nitrogens with two attached hydrogens (primary N) is 1. The van der Waals surface area contributed by atoms with Crippen LogP contribution in [0.25, 0.3) is 0 Å². The van der Waals surface area contributed by atoms with Gasteiger partial charge in [-0.25, -0.2) is 0 Å². The highest BCUT2D eigenvalue weighted by Gasteiger charge is 2.10. The number of aromatic nitrogens is 1. The Hall–Kier alpha value is -1.75. The molecule has 2 N–H and O–H groups in total. The van der Waals surface area contributed by atoms with Gasteiger partial charge in [0.05, 0.1) is 29.2 Å². The van der Waals surface area contributed by atoms with Gasteiger partial charge in [-0.1, -0.05) is 12.1 Å². The van der Waals surface area contributed by atoms with Crippen LogP contribution in [0.3, 0.4) is 0 Å². The Kier molecular flexibility index (Phi) is 4.27. The van der Waals surface area contributed by atoms with Crippen molar-refractivity contribution in [2.75, 3.05) is 24.8 Å². The monoisotopic (exact) mass is 321 g/mol. The Morgan fingerprint density at radius 2 is 1.95 bits per heavy atom. The van der Waals surface area contributed by atoms with E-state index in [9.17, 15) is 0 Å². The van der Waals surface area contributed by atoms with Gasteiger partial charge in [0.2, 0.25) is 0 Å². The molecule has 0 spiro atoms. The average Bonchev–Trinajstić information content (AvgIpc) is 2.39. The molecule has 2 aromatic rings. The predicted molar refractivity (Wildman–Crippen MR) is 81.5 cm³/mol. The van der Waals surface area contributed by atoms with Gasteiger partial charge in [0, 0.05) is 19.8 Å². The minimum Gasteiger partial charge on any atom is -0.497 e. The number of benzene rings is 1. The Bertz CT molecular complexity index is 537. The molecule has 100 valence electrons. The fourth-order valence-electron chi connectivity index (χ4n) is 1.93. The van der Waals surface area contributed by atoms with Crippen molar-refractivity contribution in [2.24, 2.45) is 0 Å². The van der Waals surface area contributed by atoms with Crippen molar-refractivity contribution in [1.82, 2.24) is 4.98 Å². The first-order valence-corrected chi connectivity index (χ1v) is 6.64. The maximum Gasteiger partial charge on any atom is 0.118 e. The molecule has 0 amide bonds. The van der Waals surface area contributed by atoms with Gasteiger partial charge in [0.25, 0.3) is 0 Å². The molecule has 1 heterocycles. The van der Waals surface area contributed by atoms with Crippen molar-refractivity contribution in [1.29, 1.82) is 0 Å². The van der Waals surface area contributed by atoms with E-state index in [-0.39, 0.29) is 0 Å². The van der Waals surface area contributed by atoms with E-state index in [1.807, 2.05) is 31.3 Å². The quantitative estimate of drug-likeness (QED) is 0.940. The molecular formula is C14H16BrN3O. The molecule has 1 aromatic heterocycles. The summed E-state index contributed by atoms with van der Waals surface area (Å²) in [7, 11) is 3.66. The summed E-state index contributed by atoms with van der Waals surface area (Å²) in [5.74, 6) is 0.857. The normalized spacial score (nSPS) is 10.3. The molecule has 19 heavy (non-hydrogen) atoms. The molecule has 0 aliphatic rings. The standard InChI is InChI=1S/C14H16BrN3O/c1-18(14-12(15)7-17-8-13(14)16)9-10-3-5-11(19-2)6-4-10/h3-8H,9,16H2,1-2H3. The van der Waals surface area contributed by atoms with Gasteiger partial charge in [-0.05, 0) is 33.6 Å². The van der Waals surface area contributed by atoms with E-state index < -0.39 is 0 Å². The number of pyridine rings is 1. The lowest BCUT2D eigenvalue weighted by molar-refractivity contribution is 0.414. The summed E-state index contributed by atoms with van der Waals surface area (Å²) in [4.78, 5) is 6.13. The number of halogens is 1. The summed E-state index contributed by atoms with van der Waals surface area (Å²) in [6.45, 7) is 0.761. The third-order valence-corrected chi connectivity index (χ3v) is 3.44. The van der Waals surface area contributed by atoms with Crippen LogP contribution in [0.15, 0.2) is 41.1 Å². The maximum absolute atomic E-state index is 5.97. The lowest BCUT2D eigenvalue weighted by Gasteiger charge is -2.22. The fraction of sp³-hybridized carbons (Fsp3) is 0.214. The fourth-order valence-corrected chi connectivity index (χ4v) is 2.58. The van der Waals surface area contributed by atoms with Gasteiger partial charge in [-0.2, -0.15) is 0 Å². The number of nitrogen functional groups attached to an aromatic ring is 1. The maximum atomic E-state index is 5.97. The van der Waals surface area contributed by atoms with Crippen LogP contribution < -0.4 is 15.4 Å². The Morgan fingerprint density at radius 1 is 1.26 bits per heavy atom. The summed E-state index contributed by atoms with van der Waals surface area (Å²) in [5.41, 5.74) is 8.76. The zero-order chi connectivity index (χ0) is 13.8. The molecule has 0 unspecified atom stereocenters. The molecule has 0 radical (unpaired) electrons. The predicted octanol–water partition coefficient (Wildman–Crippen LogP) is 3.07. The highest BCUT2D eigenvalue weighted by atomic mass is 79.9. The smallest absolute Gasteiger partial charge is 0.118 e. The highest BCUT2D eigenvalue weighted by molar-refractivity contribution is 9.10. The van der Waals surface area contributed by atoms with Crippen molar-refractivity contribution in [3.8, 4) is 5.75 Å². The lowest BCUT2D eigenvalue weighted by atomic mass is 10.2. The van der Waals surface area contributed by atoms with Crippen molar-refractivity contribution in [3.05, 3.63) is 46.7 Å². The van der Waals surface area contributed by atoms with E-state index in [1.54, 1.807) is 19.5 Å². The van der Waals surface area contributed by atoms with Crippen LogP contribution in [0.5, 0.6) is 5.75 Å². The van der Waals surface area contributed by atoms with E-state index in [0.29, 0.717) is 5.69 Å². The molecular weight excluding hydrogens is 306 g/mol. The average molecular weight is 322 g/mol. The molecule has 4 nitrogen and oxygen atoms in total. The zero-order valence-corrected chi connectivity index (χ0v) is 12.5. The number of ether oxygens (including phenoxy) is 1. The molecule has 2 rings (SSSR count). The van der Waals surface area contributed by atoms with Crippen LogP contribution in [-0.2, 0) is 6.54 Å². The van der Waals surface area contributed by atoms with Gasteiger partial charge >= 0.3 is 0 Å². The van der Waals surface area contributed by atoms with Crippen LogP contribution in [0, 0.1) is 0 Å². The summed E-state index contributed by atoms with van der Waals surface area (Å²) >= 11 is 3.48. The van der Waals surface area contributed by atoms with Crippen molar-refractivity contribution < 1.29 is 4.74 Å². The zero-order valence-electron chi connectivity index (χ0n) is 10.9. The first-order valence-electron chi connectivity index (χ1n) is 5.85. The number of rotatable bonds is 4. The molecule has 0 fully saturated rings. The van der Waals surface area contributed by atoms with Gasteiger partial charge in [0.1, 0.15) is 5.75 Å². The number of hydrogen-bond donors (Lipinski definition) is 1. The summed E-state index contributed by atoms with van der Waals surface area (Å²) in [6.07, 6.45) is 3.40. The minimum absolute atomic E-state index is 0.658. The lowest BCUT2D eigenvalue weighted by Crippen LogP contribution is -2.18. The van der Waals surface area contributed by atoms with Gasteiger partial charge in [0.15, 0.2) is 0 Å². The topological polar surface area (TPSA) is 51.4 Å². The van der Waals surface area contributed by atoms with Crippen LogP contribution in [0.2, 0.25) is 0 Å². The molecule has 5 heteroatoms. The van der Waals surface area contributed by atoms with Crippen LogP contribution in [0.1, 0.15) is 5.56 Å². The summed E-state index contributed by atoms with van der Waals surface area (Å²) in [6, 6.07) is 7.99. The molecule has 1 aromatic carbocycles. The van der Waals surface area contributed by atoms with E-state index in [2.05, 4.69) is 25.8 Å². The second kappa shape index (κ2) is 5.93. The highest BCUT2D eigenvalue weighted by Crippen LogP contribution is 2.31. The Balaban J connectivity index is 2.18. The molecule has 0 atom stereocenters. The molecule has 0 bridgehead atoms. The molecule has 0 aliphatic heterocycles. The first kappa shape index (κ1) is 13.7. The van der Waals surface area contributed by atoms with Gasteiger partial charge < -0.3 is 15.4 Å². The van der Waals surface area contributed by atoms with Crippen LogP contribution in [0.4, 0.5) is 11.4 Å². The first-order chi connectivity index (χ1) is 9.11. The van der Waals surface area contributed by atoms with E-state index >= 15 is 0 Å². The largest absolute Gasteiger partial charge is 0.497 e. The molecule has 0 saturated heterocycles. The third-order valence-electron chi connectivity index (χ3n) is 2.86. The Morgan fingerprint density at radius 3 is 2.53 bits per heavy atom. The van der Waals surface area contributed by atoms with Gasteiger partial charge in [-0.15, -0.1) is 0 Å². The second-order valence-electron chi connectivity index (χ2n) is 4.26. The third kappa shape index (κ3) is 3.17. The SMILES string of the molecule is COc1ccc(CN(C)c2c(N)cncc2Br)cc1. The Labute approximate surface area is 121 Å². The molecule has 0 saturated carbocycles. The second-order valence-corrected chi connectivity index (χ2v) is 5.12. The van der Waals surface area contributed by atoms with E-state index in [4.69, 9.17) is 10.5 Å². The van der Waals surface area contributed by atoms with Crippen molar-refractivity contribution in [2.45, 2.75) is 6.54 Å². The minimum atomic E-state index is 0.658. The van der Waals surface area contributed by atoms with Crippen molar-refractivity contribution >= 4 is 27.3 Å². The van der Waals surface area contributed by atoms with Gasteiger partial charge in [-0.3, -0.25) is 4.98 Å². The summed E-state index contributed by atoms with van der Waals surface area (Å²) < 4.78 is 6.04. The van der Waals surface area contributed by atoms with E-state index in [1.165, 1.54) is 5.56 Å². The number of anilines is 2. The van der Waals surface area contributed by atoms with Crippen LogP contribution >= 0.6 is 15.9 Å². The van der Waals surface area contributed by atoms with E-state index in [0.717, 1.165) is 22.5 Å². The summed E-state index contributed by atoms with van der Waals surface area (Å²) in [5, 5.41) is 0. The van der Waals surface area contributed by atoms with Crippen LogP contribution in [-0.4, -0.2) is 19.1 Å². The number of nitrogens with zero attached hydrogens (tertiary/aromatic N) is 2. The number of methoxy groups -OCH3 is 1. The number of hydrogen-bond acceptors (Lipinski definition) is 4. The van der Waals surface area contributed by atoms with Crippen molar-refractivity contribution in [3.63, 3.8) is 0 Å². The molecule has 0 aliphatic carbocycles.